The summed E-state index contributed by atoms with van der Waals surface area (Å²) < 4.78 is 5.76. The average molecular weight is 379 g/mol. The monoisotopic (exact) mass is 378 g/mol. The molecule has 3 saturated carbocycles. The average Bonchev–Trinajstić information content (AvgIpc) is 2.57. The van der Waals surface area contributed by atoms with Gasteiger partial charge in [-0.2, -0.15) is 0 Å². The summed E-state index contributed by atoms with van der Waals surface area (Å²) in [5, 5.41) is 20.6. The van der Waals surface area contributed by atoms with Crippen molar-refractivity contribution in [2.75, 3.05) is 6.61 Å². The molecule has 0 aromatic heterocycles. The highest BCUT2D eigenvalue weighted by atomic mass is 16.5. The third kappa shape index (κ3) is 3.27. The van der Waals surface area contributed by atoms with Gasteiger partial charge in [-0.25, -0.2) is 0 Å². The van der Waals surface area contributed by atoms with Crippen LogP contribution in [0, 0.1) is 34.5 Å². The van der Waals surface area contributed by atoms with Crippen LogP contribution < -0.4 is 0 Å². The Morgan fingerprint density at radius 1 is 1.26 bits per heavy atom. The van der Waals surface area contributed by atoms with E-state index in [0.717, 1.165) is 19.3 Å². The van der Waals surface area contributed by atoms with Crippen molar-refractivity contribution in [3.63, 3.8) is 0 Å². The first-order valence-electron chi connectivity index (χ1n) is 10.2. The molecule has 0 aromatic rings. The number of fused-ring (bicyclic) bond motifs is 3. The van der Waals surface area contributed by atoms with E-state index in [9.17, 15) is 19.8 Å². The lowest BCUT2D eigenvalue weighted by Gasteiger charge is -2.63. The van der Waals surface area contributed by atoms with Crippen LogP contribution in [0.3, 0.4) is 0 Å². The van der Waals surface area contributed by atoms with Crippen molar-refractivity contribution in [3.8, 4) is 0 Å². The third-order valence-corrected chi connectivity index (χ3v) is 7.81. The lowest BCUT2D eigenvalue weighted by molar-refractivity contribution is -0.207. The van der Waals surface area contributed by atoms with Gasteiger partial charge in [0.2, 0.25) is 0 Å². The number of esters is 1. The van der Waals surface area contributed by atoms with Crippen molar-refractivity contribution in [2.45, 2.75) is 72.0 Å². The van der Waals surface area contributed by atoms with Gasteiger partial charge in [-0.05, 0) is 48.0 Å². The summed E-state index contributed by atoms with van der Waals surface area (Å²) in [7, 11) is 0. The summed E-state index contributed by atoms with van der Waals surface area (Å²) in [5.74, 6) is -1.13. The number of aliphatic hydroxyl groups is 2. The van der Waals surface area contributed by atoms with Gasteiger partial charge in [0.15, 0.2) is 5.78 Å². The molecule has 5 nitrogen and oxygen atoms in total. The fraction of sp³-hybridized carbons (Fsp3) is 0.818. The molecule has 0 unspecified atom stereocenters. The lowest BCUT2D eigenvalue weighted by atomic mass is 9.42. The van der Waals surface area contributed by atoms with E-state index in [4.69, 9.17) is 4.74 Å². The first-order chi connectivity index (χ1) is 12.5. The Hall–Kier alpha value is -1.20. The zero-order valence-electron chi connectivity index (χ0n) is 17.0. The zero-order valence-corrected chi connectivity index (χ0v) is 17.0. The highest BCUT2D eigenvalue weighted by molar-refractivity contribution is 5.87. The predicted molar refractivity (Wildman–Crippen MR) is 102 cm³/mol. The van der Waals surface area contributed by atoms with Crippen molar-refractivity contribution in [1.82, 2.24) is 0 Å². The molecule has 7 atom stereocenters. The van der Waals surface area contributed by atoms with Crippen LogP contribution in [0.5, 0.6) is 0 Å². The molecule has 3 aliphatic carbocycles. The maximum Gasteiger partial charge on any atom is 0.302 e. The molecule has 152 valence electrons. The molecule has 0 radical (unpaired) electrons. The van der Waals surface area contributed by atoms with Crippen molar-refractivity contribution in [3.05, 3.63) is 12.2 Å². The van der Waals surface area contributed by atoms with E-state index in [-0.39, 0.29) is 59.0 Å². The SMILES string of the molecule is C=C(CO)[C@@H]1C[C@@H](OC(C)=O)[C@@H]2[C@@H](C1)C(=O)[C@@H](O)[C@@H]1C(C)(C)CCC[C@@]21C. The Bertz CT molecular complexity index is 639. The number of hydrogen-bond acceptors (Lipinski definition) is 5. The number of ketones is 1. The Labute approximate surface area is 162 Å². The Kier molecular flexibility index (Phi) is 5.32. The highest BCUT2D eigenvalue weighted by Gasteiger charge is 2.64. The Morgan fingerprint density at radius 3 is 2.52 bits per heavy atom. The molecule has 0 amide bonds. The van der Waals surface area contributed by atoms with E-state index in [1.165, 1.54) is 6.92 Å². The summed E-state index contributed by atoms with van der Waals surface area (Å²) in [6.07, 6.45) is 2.75. The molecular weight excluding hydrogens is 344 g/mol. The molecule has 5 heteroatoms. The topological polar surface area (TPSA) is 83.8 Å². The number of Topliss-reactive ketones (excluding diaryl/α,β-unsaturated/α-hetero) is 1. The molecule has 27 heavy (non-hydrogen) atoms. The summed E-state index contributed by atoms with van der Waals surface area (Å²) in [4.78, 5) is 25.1. The predicted octanol–water partition coefficient (Wildman–Crippen LogP) is 2.89. The summed E-state index contributed by atoms with van der Waals surface area (Å²) >= 11 is 0. The van der Waals surface area contributed by atoms with Crippen molar-refractivity contribution in [2.24, 2.45) is 34.5 Å². The van der Waals surface area contributed by atoms with Gasteiger partial charge in [-0.15, -0.1) is 0 Å². The second-order valence-electron chi connectivity index (χ2n) is 9.94. The van der Waals surface area contributed by atoms with Gasteiger partial charge in [0, 0.05) is 24.7 Å². The lowest BCUT2D eigenvalue weighted by Crippen LogP contribution is -2.65. The number of carbonyl (C=O) groups is 2. The van der Waals surface area contributed by atoms with Crippen LogP contribution in [0.25, 0.3) is 0 Å². The number of rotatable bonds is 3. The van der Waals surface area contributed by atoms with Crippen LogP contribution in [0.4, 0.5) is 0 Å². The van der Waals surface area contributed by atoms with Gasteiger partial charge in [0.05, 0.1) is 6.61 Å². The number of ether oxygens (including phenoxy) is 1. The quantitative estimate of drug-likeness (QED) is 0.583. The molecule has 0 saturated heterocycles. The van der Waals surface area contributed by atoms with Gasteiger partial charge in [0.1, 0.15) is 12.2 Å². The van der Waals surface area contributed by atoms with Crippen LogP contribution in [0.2, 0.25) is 0 Å². The van der Waals surface area contributed by atoms with E-state index in [0.29, 0.717) is 18.4 Å². The van der Waals surface area contributed by atoms with Crippen LogP contribution in [0.1, 0.15) is 59.8 Å². The first-order valence-corrected chi connectivity index (χ1v) is 10.2. The highest BCUT2D eigenvalue weighted by Crippen LogP contribution is 2.63. The standard InChI is InChI=1S/C22H34O5/c1-12(11-23)14-9-15-17(16(10-14)27-13(2)24)22(5)8-6-7-21(3,4)20(22)19(26)18(15)25/h14-17,19-20,23,26H,1,6-11H2,2-5H3/t14-,15+,16+,17-,19+,20+,22-/m0/s1. The minimum absolute atomic E-state index is 0.0755. The molecule has 3 fully saturated rings. The fourth-order valence-electron chi connectivity index (χ4n) is 6.88. The largest absolute Gasteiger partial charge is 0.462 e. The number of hydrogen-bond donors (Lipinski definition) is 2. The number of carbonyl (C=O) groups excluding carboxylic acids is 2. The molecular formula is C22H34O5. The van der Waals surface area contributed by atoms with E-state index < -0.39 is 6.10 Å². The van der Waals surface area contributed by atoms with Gasteiger partial charge in [-0.1, -0.05) is 33.8 Å². The molecule has 3 rings (SSSR count). The molecule has 0 aromatic carbocycles. The normalized spacial score (nSPS) is 43.4. The van der Waals surface area contributed by atoms with Crippen LogP contribution in [-0.4, -0.2) is 40.8 Å². The molecule has 0 aliphatic heterocycles. The molecule has 0 spiro atoms. The van der Waals surface area contributed by atoms with E-state index in [1.54, 1.807) is 0 Å². The summed E-state index contributed by atoms with van der Waals surface area (Å²) in [6, 6.07) is 0. The molecule has 3 aliphatic rings. The second kappa shape index (κ2) is 7.00. The Balaban J connectivity index is 2.06. The van der Waals surface area contributed by atoms with Crippen LogP contribution in [0.15, 0.2) is 12.2 Å². The van der Waals surface area contributed by atoms with Crippen molar-refractivity contribution >= 4 is 11.8 Å². The number of aliphatic hydroxyl groups excluding tert-OH is 2. The molecule has 0 bridgehead atoms. The maximum absolute atomic E-state index is 13.2. The maximum atomic E-state index is 13.2. The van der Waals surface area contributed by atoms with Gasteiger partial charge in [0.25, 0.3) is 0 Å². The first kappa shape index (κ1) is 20.5. The van der Waals surface area contributed by atoms with Gasteiger partial charge in [-0.3, -0.25) is 9.59 Å². The summed E-state index contributed by atoms with van der Waals surface area (Å²) in [5.41, 5.74) is 0.272. The molecule has 0 heterocycles. The van der Waals surface area contributed by atoms with Gasteiger partial charge < -0.3 is 14.9 Å². The van der Waals surface area contributed by atoms with E-state index in [2.05, 4.69) is 27.4 Å². The smallest absolute Gasteiger partial charge is 0.302 e. The van der Waals surface area contributed by atoms with Crippen LogP contribution >= 0.6 is 0 Å². The Morgan fingerprint density at radius 2 is 1.93 bits per heavy atom. The zero-order chi connectivity index (χ0) is 20.1. The minimum Gasteiger partial charge on any atom is -0.462 e. The fourth-order valence-corrected chi connectivity index (χ4v) is 6.88. The minimum atomic E-state index is -0.981. The van der Waals surface area contributed by atoms with Crippen molar-refractivity contribution in [1.29, 1.82) is 0 Å². The van der Waals surface area contributed by atoms with Crippen LogP contribution in [-0.2, 0) is 14.3 Å². The van der Waals surface area contributed by atoms with Gasteiger partial charge >= 0.3 is 5.97 Å². The van der Waals surface area contributed by atoms with Crippen molar-refractivity contribution < 1.29 is 24.5 Å². The second-order valence-corrected chi connectivity index (χ2v) is 9.94. The van der Waals surface area contributed by atoms with E-state index in [1.807, 2.05) is 0 Å². The molecule has 2 N–H and O–H groups in total. The van der Waals surface area contributed by atoms with E-state index >= 15 is 0 Å². The summed E-state index contributed by atoms with van der Waals surface area (Å²) in [6.45, 7) is 11.7. The third-order valence-electron chi connectivity index (χ3n) is 7.81.